The Morgan fingerprint density at radius 3 is 2.20 bits per heavy atom. The van der Waals surface area contributed by atoms with Crippen LogP contribution in [0.25, 0.3) is 0 Å². The average molecular weight is 280 g/mol. The molecular formula is C6H14ClNO5S2. The normalized spacial score (nSPS) is 12.5. The topological polar surface area (TPSA) is 104 Å². The molecular weight excluding hydrogens is 266 g/mol. The van der Waals surface area contributed by atoms with Crippen molar-refractivity contribution < 1.29 is 22.9 Å². The van der Waals surface area contributed by atoms with Crippen LogP contribution < -0.4 is 5.32 Å². The Morgan fingerprint density at radius 2 is 2.00 bits per heavy atom. The van der Waals surface area contributed by atoms with E-state index in [1.54, 1.807) is 18.8 Å². The molecule has 0 aliphatic rings. The second-order valence-electron chi connectivity index (χ2n) is 2.37. The summed E-state index contributed by atoms with van der Waals surface area (Å²) in [5.74, 6) is 0.120. The highest BCUT2D eigenvalue weighted by Gasteiger charge is 2.12. The van der Waals surface area contributed by atoms with Crippen molar-refractivity contribution in [2.24, 2.45) is 0 Å². The van der Waals surface area contributed by atoms with Crippen LogP contribution in [-0.4, -0.2) is 49.1 Å². The summed E-state index contributed by atoms with van der Waals surface area (Å²) in [6.07, 6.45) is 2.65. The predicted octanol–water partition coefficient (Wildman–Crippen LogP) is 0.440. The van der Waals surface area contributed by atoms with E-state index in [9.17, 15) is 4.79 Å². The number of thioether (sulfide) groups is 1. The van der Waals surface area contributed by atoms with Gasteiger partial charge in [-0.1, -0.05) is 0 Å². The number of nitrogens with one attached hydrogen (secondary N) is 1. The first-order valence-corrected chi connectivity index (χ1v) is 7.44. The highest BCUT2D eigenvalue weighted by molar-refractivity contribution is 8.09. The quantitative estimate of drug-likeness (QED) is 0.495. The van der Waals surface area contributed by atoms with Gasteiger partial charge in [0.1, 0.15) is 6.04 Å². The van der Waals surface area contributed by atoms with Crippen molar-refractivity contribution in [1.82, 2.24) is 5.32 Å². The summed E-state index contributed by atoms with van der Waals surface area (Å²) >= 11 is 1.66. The zero-order chi connectivity index (χ0) is 12.5. The summed E-state index contributed by atoms with van der Waals surface area (Å²) in [5, 5.41) is 11.3. The van der Waals surface area contributed by atoms with Crippen molar-refractivity contribution in [3.8, 4) is 0 Å². The molecule has 0 bridgehead atoms. The highest BCUT2D eigenvalue weighted by atomic mass is 35.7. The Morgan fingerprint density at radius 1 is 1.60 bits per heavy atom. The molecule has 0 aromatic carbocycles. The van der Waals surface area contributed by atoms with Crippen LogP contribution in [0.4, 0.5) is 0 Å². The number of halogens is 1. The standard InChI is InChI=1S/C6H13NO2S.ClHO3S/c1-7-5(6(8)9)3-4-10-2;1-5(2,3)4/h5,7H,3-4H2,1-2H3,(H,8,9);(H,2,3,4). The van der Waals surface area contributed by atoms with Crippen molar-refractivity contribution in [2.45, 2.75) is 12.5 Å². The van der Waals surface area contributed by atoms with Gasteiger partial charge in [-0.15, -0.1) is 0 Å². The van der Waals surface area contributed by atoms with Gasteiger partial charge in [-0.3, -0.25) is 9.35 Å². The maximum absolute atomic E-state index is 10.4. The van der Waals surface area contributed by atoms with Gasteiger partial charge in [0.05, 0.1) is 0 Å². The Labute approximate surface area is 97.6 Å². The van der Waals surface area contributed by atoms with Gasteiger partial charge < -0.3 is 10.4 Å². The number of hydrogen-bond donors (Lipinski definition) is 3. The molecule has 1 unspecified atom stereocenters. The van der Waals surface area contributed by atoms with E-state index in [1.807, 2.05) is 6.26 Å². The average Bonchev–Trinajstić information content (AvgIpc) is 2.02. The first-order valence-electron chi connectivity index (χ1n) is 3.78. The van der Waals surface area contributed by atoms with E-state index in [1.165, 1.54) is 0 Å². The summed E-state index contributed by atoms with van der Waals surface area (Å²) in [4.78, 5) is 10.4. The minimum absolute atomic E-state index is 0.382. The molecule has 0 saturated carbocycles. The van der Waals surface area contributed by atoms with Gasteiger partial charge in [0.15, 0.2) is 0 Å². The van der Waals surface area contributed by atoms with Gasteiger partial charge in [-0.2, -0.15) is 20.2 Å². The van der Waals surface area contributed by atoms with E-state index in [-0.39, 0.29) is 6.04 Å². The third-order valence-corrected chi connectivity index (χ3v) is 1.90. The molecule has 0 heterocycles. The van der Waals surface area contributed by atoms with Crippen LogP contribution in [0.15, 0.2) is 0 Å². The lowest BCUT2D eigenvalue weighted by Gasteiger charge is -2.08. The molecule has 0 radical (unpaired) electrons. The molecule has 0 amide bonds. The van der Waals surface area contributed by atoms with Crippen LogP contribution in [0.2, 0.25) is 0 Å². The fourth-order valence-electron chi connectivity index (χ4n) is 0.627. The number of carbonyl (C=O) groups is 1. The zero-order valence-corrected chi connectivity index (χ0v) is 10.7. The van der Waals surface area contributed by atoms with E-state index in [4.69, 9.17) is 18.1 Å². The van der Waals surface area contributed by atoms with Crippen molar-refractivity contribution in [3.63, 3.8) is 0 Å². The fourth-order valence-corrected chi connectivity index (χ4v) is 1.10. The molecule has 3 N–H and O–H groups in total. The van der Waals surface area contributed by atoms with Gasteiger partial charge in [0, 0.05) is 10.7 Å². The molecule has 0 rings (SSSR count). The SMILES string of the molecule is CNC(CCSC)C(=O)O.O=S(=O)(O)Cl. The Bertz CT molecular complexity index is 261. The molecule has 0 saturated heterocycles. The zero-order valence-electron chi connectivity index (χ0n) is 8.31. The molecule has 6 nitrogen and oxygen atoms in total. The first-order chi connectivity index (χ1) is 6.72. The van der Waals surface area contributed by atoms with Crippen LogP contribution >= 0.6 is 22.4 Å². The van der Waals surface area contributed by atoms with Gasteiger partial charge in [-0.05, 0) is 25.5 Å². The van der Waals surface area contributed by atoms with E-state index in [2.05, 4.69) is 16.0 Å². The lowest BCUT2D eigenvalue weighted by molar-refractivity contribution is -0.139. The van der Waals surface area contributed by atoms with Crippen LogP contribution in [-0.2, 0) is 14.1 Å². The molecule has 0 aromatic heterocycles. The second kappa shape index (κ2) is 9.22. The summed E-state index contributed by atoms with van der Waals surface area (Å²) < 4.78 is 25.2. The van der Waals surface area contributed by atoms with Crippen LogP contribution in [0, 0.1) is 0 Å². The van der Waals surface area contributed by atoms with Crippen molar-refractivity contribution in [3.05, 3.63) is 0 Å². The number of aliphatic carboxylic acids is 1. The summed E-state index contributed by atoms with van der Waals surface area (Å²) in [5.41, 5.74) is 0. The van der Waals surface area contributed by atoms with Gasteiger partial charge in [0.25, 0.3) is 0 Å². The molecule has 0 aliphatic carbocycles. The number of hydrogen-bond acceptors (Lipinski definition) is 5. The molecule has 0 aromatic rings. The molecule has 92 valence electrons. The van der Waals surface area contributed by atoms with Crippen molar-refractivity contribution in [1.29, 1.82) is 0 Å². The minimum atomic E-state index is -4.19. The molecule has 0 spiro atoms. The van der Waals surface area contributed by atoms with Crippen molar-refractivity contribution in [2.75, 3.05) is 19.1 Å². The second-order valence-corrected chi connectivity index (χ2v) is 5.35. The van der Waals surface area contributed by atoms with Crippen LogP contribution in [0.5, 0.6) is 0 Å². The van der Waals surface area contributed by atoms with E-state index >= 15 is 0 Å². The van der Waals surface area contributed by atoms with E-state index < -0.39 is 15.3 Å². The summed E-state index contributed by atoms with van der Waals surface area (Å²) in [7, 11) is 1.53. The van der Waals surface area contributed by atoms with Gasteiger partial charge in [0.2, 0.25) is 0 Å². The van der Waals surface area contributed by atoms with Gasteiger partial charge in [-0.25, -0.2) is 0 Å². The number of rotatable bonds is 5. The van der Waals surface area contributed by atoms with E-state index in [0.29, 0.717) is 6.42 Å². The minimum Gasteiger partial charge on any atom is -0.480 e. The number of carboxylic acid groups (broad SMARTS) is 1. The fraction of sp³-hybridized carbons (Fsp3) is 0.833. The maximum atomic E-state index is 10.4. The smallest absolute Gasteiger partial charge is 0.353 e. The number of carboxylic acids is 1. The third-order valence-electron chi connectivity index (χ3n) is 1.26. The third kappa shape index (κ3) is 20.1. The van der Waals surface area contributed by atoms with Crippen LogP contribution in [0.1, 0.15) is 6.42 Å². The van der Waals surface area contributed by atoms with Crippen LogP contribution in [0.3, 0.4) is 0 Å². The monoisotopic (exact) mass is 279 g/mol. The Balaban J connectivity index is 0. The first kappa shape index (κ1) is 17.4. The van der Waals surface area contributed by atoms with Crippen molar-refractivity contribution >= 4 is 37.7 Å². The lowest BCUT2D eigenvalue weighted by atomic mass is 10.2. The molecule has 15 heavy (non-hydrogen) atoms. The highest BCUT2D eigenvalue weighted by Crippen LogP contribution is 1.99. The maximum Gasteiger partial charge on any atom is 0.353 e. The van der Waals surface area contributed by atoms with E-state index in [0.717, 1.165) is 5.75 Å². The Hall–Kier alpha value is -0.0200. The molecule has 9 heteroatoms. The molecule has 1 atom stereocenters. The summed E-state index contributed by atoms with van der Waals surface area (Å²) in [6, 6.07) is -0.382. The molecule has 0 aliphatic heterocycles. The molecule has 0 fully saturated rings. The lowest BCUT2D eigenvalue weighted by Crippen LogP contribution is -2.34. The number of likely N-dealkylation sites (N-methyl/N-ethyl adjacent to an activating group) is 1. The Kier molecular flexibility index (Phi) is 10.7. The summed E-state index contributed by atoms with van der Waals surface area (Å²) in [6.45, 7) is 0. The van der Waals surface area contributed by atoms with Gasteiger partial charge >= 0.3 is 15.3 Å². The largest absolute Gasteiger partial charge is 0.480 e. The predicted molar refractivity (Wildman–Crippen MR) is 60.9 cm³/mol.